The molecule has 1 saturated carbocycles. The topological polar surface area (TPSA) is 37.3 Å². The van der Waals surface area contributed by atoms with E-state index in [1.165, 1.54) is 38.5 Å². The Hall–Kier alpha value is -3.13. The number of hydrogen-bond donors (Lipinski definition) is 1. The van der Waals surface area contributed by atoms with Gasteiger partial charge in [-0.05, 0) is 37.5 Å². The lowest BCUT2D eigenvalue weighted by molar-refractivity contribution is -0.132. The van der Waals surface area contributed by atoms with Gasteiger partial charge in [-0.3, -0.25) is 0 Å². The zero-order valence-corrected chi connectivity index (χ0v) is 20.9. The highest BCUT2D eigenvalue weighted by Gasteiger charge is 1.99. The molecule has 1 fully saturated rings. The van der Waals surface area contributed by atoms with Crippen molar-refractivity contribution >= 4 is 24.2 Å². The third kappa shape index (κ3) is 18.9. The van der Waals surface area contributed by atoms with Crippen LogP contribution >= 0.6 is 0 Å². The van der Waals surface area contributed by atoms with Crippen molar-refractivity contribution in [1.29, 1.82) is 0 Å². The third-order valence-electron chi connectivity index (χ3n) is 4.39. The summed E-state index contributed by atoms with van der Waals surface area (Å²) in [5.74, 6) is -0.829. The Bertz CT molecular complexity index is 630. The fraction of sp³-hybridized carbons (Fsp3) is 0.300. The molecule has 1 N–H and O–H groups in total. The number of hydrogen-bond acceptors (Lipinski definition) is 1. The molecule has 0 aliphatic heterocycles. The monoisotopic (exact) mass is 438 g/mol. The Labute approximate surface area is 198 Å². The van der Waals surface area contributed by atoms with Gasteiger partial charge in [0.15, 0.2) is 0 Å². The molecule has 0 atom stereocenters. The second-order valence-electron chi connectivity index (χ2n) is 6.51. The molecular formula is C30H46O2. The second kappa shape index (κ2) is 27.9. The Morgan fingerprint density at radius 1 is 0.719 bits per heavy atom. The molecule has 178 valence electrons. The van der Waals surface area contributed by atoms with Crippen LogP contribution in [0.4, 0.5) is 0 Å². The first-order valence-corrected chi connectivity index (χ1v) is 10.8. The summed E-state index contributed by atoms with van der Waals surface area (Å²) >= 11 is 0. The SMILES string of the molecule is C1CCCCC1.C=C.C=C.C=C.C=Cc1cccc(C=C)c1C=C.CC(C)=C(C)C(=O)O. The van der Waals surface area contributed by atoms with Crippen molar-refractivity contribution < 1.29 is 9.90 Å². The van der Waals surface area contributed by atoms with Crippen molar-refractivity contribution in [2.75, 3.05) is 0 Å². The maximum absolute atomic E-state index is 10.1. The molecule has 2 rings (SSSR count). The van der Waals surface area contributed by atoms with E-state index in [-0.39, 0.29) is 0 Å². The molecule has 0 bridgehead atoms. The van der Waals surface area contributed by atoms with E-state index in [2.05, 4.69) is 59.2 Å². The molecule has 32 heavy (non-hydrogen) atoms. The van der Waals surface area contributed by atoms with Gasteiger partial charge in [0, 0.05) is 5.57 Å². The second-order valence-corrected chi connectivity index (χ2v) is 6.51. The quantitative estimate of drug-likeness (QED) is 0.375. The van der Waals surface area contributed by atoms with Crippen LogP contribution in [0.25, 0.3) is 18.2 Å². The van der Waals surface area contributed by atoms with Crippen LogP contribution in [0, 0.1) is 0 Å². The van der Waals surface area contributed by atoms with Gasteiger partial charge in [0.1, 0.15) is 0 Å². The molecule has 0 radical (unpaired) electrons. The van der Waals surface area contributed by atoms with Crippen LogP contribution in [-0.2, 0) is 4.79 Å². The highest BCUT2D eigenvalue weighted by molar-refractivity contribution is 5.86. The lowest BCUT2D eigenvalue weighted by atomic mass is 10.0. The standard InChI is InChI=1S/C12H12.C6H10O2.C6H12.3C2H4/c1-4-10-8-7-9-11(5-2)12(10)6-3;1-4(2)5(3)6(7)8;1-2-4-6-5-3-1;3*1-2/h4-9H,1-3H2;1-3H3,(H,7,8);1-6H2;3*1-2H2. The molecule has 2 heteroatoms. The fourth-order valence-electron chi connectivity index (χ4n) is 2.47. The van der Waals surface area contributed by atoms with Gasteiger partial charge >= 0.3 is 5.97 Å². The predicted octanol–water partition coefficient (Wildman–Crippen LogP) is 9.79. The summed E-state index contributed by atoms with van der Waals surface area (Å²) in [7, 11) is 0. The van der Waals surface area contributed by atoms with E-state index < -0.39 is 5.97 Å². The van der Waals surface area contributed by atoms with E-state index in [0.717, 1.165) is 22.3 Å². The normalized spacial score (nSPS) is 10.3. The van der Waals surface area contributed by atoms with Gasteiger partial charge in [0.05, 0.1) is 0 Å². The summed E-state index contributed by atoms with van der Waals surface area (Å²) in [6.07, 6.45) is 14.5. The van der Waals surface area contributed by atoms with Crippen molar-refractivity contribution in [3.63, 3.8) is 0 Å². The lowest BCUT2D eigenvalue weighted by Crippen LogP contribution is -1.97. The van der Waals surface area contributed by atoms with Crippen LogP contribution in [0.1, 0.15) is 76.0 Å². The van der Waals surface area contributed by atoms with E-state index >= 15 is 0 Å². The number of aliphatic carboxylic acids is 1. The van der Waals surface area contributed by atoms with Gasteiger partial charge in [0.25, 0.3) is 0 Å². The van der Waals surface area contributed by atoms with Crippen molar-refractivity contribution in [3.8, 4) is 0 Å². The lowest BCUT2D eigenvalue weighted by Gasteiger charge is -2.05. The molecule has 0 heterocycles. The molecular weight excluding hydrogens is 392 g/mol. The number of rotatable bonds is 4. The summed E-state index contributed by atoms with van der Waals surface area (Å²) in [5.41, 5.74) is 4.59. The van der Waals surface area contributed by atoms with Crippen molar-refractivity contribution in [3.05, 3.63) is 105 Å². The van der Waals surface area contributed by atoms with Crippen LogP contribution in [0.3, 0.4) is 0 Å². The largest absolute Gasteiger partial charge is 0.478 e. The van der Waals surface area contributed by atoms with Gasteiger partial charge in [-0.1, -0.05) is 100 Å². The Balaban J connectivity index is -0.000000171. The van der Waals surface area contributed by atoms with E-state index in [1.807, 2.05) is 36.4 Å². The van der Waals surface area contributed by atoms with E-state index in [1.54, 1.807) is 20.8 Å². The van der Waals surface area contributed by atoms with Crippen molar-refractivity contribution in [1.82, 2.24) is 0 Å². The van der Waals surface area contributed by atoms with Crippen molar-refractivity contribution in [2.24, 2.45) is 0 Å². The maximum atomic E-state index is 10.1. The predicted molar refractivity (Wildman–Crippen MR) is 150 cm³/mol. The molecule has 1 aromatic rings. The molecule has 0 spiro atoms. The summed E-state index contributed by atoms with van der Waals surface area (Å²) in [5, 5.41) is 8.29. The highest BCUT2D eigenvalue weighted by atomic mass is 16.4. The number of carboxylic acids is 1. The van der Waals surface area contributed by atoms with Gasteiger partial charge in [-0.25, -0.2) is 4.79 Å². The van der Waals surface area contributed by atoms with Gasteiger partial charge in [-0.15, -0.1) is 39.5 Å². The molecule has 0 unspecified atom stereocenters. The average Bonchev–Trinajstić information content (AvgIpc) is 2.88. The molecule has 0 saturated heterocycles. The summed E-state index contributed by atoms with van der Waals surface area (Å²) in [4.78, 5) is 10.1. The highest BCUT2D eigenvalue weighted by Crippen LogP contribution is 2.18. The first kappa shape index (κ1) is 36.3. The minimum atomic E-state index is -0.829. The third-order valence-corrected chi connectivity index (χ3v) is 4.39. The first-order chi connectivity index (χ1) is 15.4. The minimum Gasteiger partial charge on any atom is -0.478 e. The zero-order valence-electron chi connectivity index (χ0n) is 20.9. The van der Waals surface area contributed by atoms with Crippen LogP contribution in [0.15, 0.2) is 88.6 Å². The molecule has 0 amide bonds. The number of carboxylic acid groups (broad SMARTS) is 1. The van der Waals surface area contributed by atoms with E-state index in [4.69, 9.17) is 5.11 Å². The Morgan fingerprint density at radius 3 is 1.19 bits per heavy atom. The molecule has 0 aromatic heterocycles. The van der Waals surface area contributed by atoms with E-state index in [9.17, 15) is 4.79 Å². The molecule has 1 aliphatic rings. The van der Waals surface area contributed by atoms with E-state index in [0.29, 0.717) is 5.57 Å². The van der Waals surface area contributed by atoms with Gasteiger partial charge in [0.2, 0.25) is 0 Å². The van der Waals surface area contributed by atoms with Crippen LogP contribution in [0.2, 0.25) is 0 Å². The Morgan fingerprint density at radius 2 is 1.03 bits per heavy atom. The number of carbonyl (C=O) groups is 1. The van der Waals surface area contributed by atoms with Gasteiger partial charge < -0.3 is 5.11 Å². The number of benzene rings is 1. The summed E-state index contributed by atoms with van der Waals surface area (Å²) in [6, 6.07) is 6.01. The molecule has 1 aromatic carbocycles. The summed E-state index contributed by atoms with van der Waals surface area (Å²) in [6.45, 7) is 34.4. The minimum absolute atomic E-state index is 0.435. The zero-order chi connectivity index (χ0) is 25.9. The fourth-order valence-corrected chi connectivity index (χ4v) is 2.47. The maximum Gasteiger partial charge on any atom is 0.331 e. The first-order valence-electron chi connectivity index (χ1n) is 10.8. The smallest absolute Gasteiger partial charge is 0.331 e. The summed E-state index contributed by atoms with van der Waals surface area (Å²) < 4.78 is 0. The van der Waals surface area contributed by atoms with Crippen LogP contribution < -0.4 is 0 Å². The van der Waals surface area contributed by atoms with Crippen LogP contribution in [0.5, 0.6) is 0 Å². The van der Waals surface area contributed by atoms with Crippen LogP contribution in [-0.4, -0.2) is 11.1 Å². The number of allylic oxidation sites excluding steroid dienone is 1. The Kier molecular flexibility index (Phi) is 31.6. The average molecular weight is 439 g/mol. The van der Waals surface area contributed by atoms with Crippen molar-refractivity contribution in [2.45, 2.75) is 59.3 Å². The van der Waals surface area contributed by atoms with Gasteiger partial charge in [-0.2, -0.15) is 0 Å². The molecule has 2 nitrogen and oxygen atoms in total. The molecule has 1 aliphatic carbocycles.